The SMILES string of the molecule is CCCCCc1ccc(-c2ccc(-c3ccc4cc(C5CCC(CCC)CC5)oc(=O)c4c3F)cc2)cc1. The van der Waals surface area contributed by atoms with Gasteiger partial charge < -0.3 is 4.42 Å². The minimum Gasteiger partial charge on any atom is -0.427 e. The zero-order chi connectivity index (χ0) is 26.5. The van der Waals surface area contributed by atoms with E-state index in [0.29, 0.717) is 16.7 Å². The number of rotatable bonds is 9. The summed E-state index contributed by atoms with van der Waals surface area (Å²) in [6.45, 7) is 4.46. The van der Waals surface area contributed by atoms with Gasteiger partial charge in [-0.15, -0.1) is 0 Å². The molecule has 5 rings (SSSR count). The second-order valence-corrected chi connectivity index (χ2v) is 11.1. The fraction of sp³-hybridized carbons (Fsp3) is 0.400. The van der Waals surface area contributed by atoms with Crippen LogP contribution in [0.5, 0.6) is 0 Å². The maximum Gasteiger partial charge on any atom is 0.346 e. The topological polar surface area (TPSA) is 30.2 Å². The summed E-state index contributed by atoms with van der Waals surface area (Å²) in [5.74, 6) is 1.24. The second-order valence-electron chi connectivity index (χ2n) is 11.1. The first-order chi connectivity index (χ1) is 18.6. The molecule has 0 bridgehead atoms. The van der Waals surface area contributed by atoms with E-state index in [-0.39, 0.29) is 11.3 Å². The highest BCUT2D eigenvalue weighted by molar-refractivity contribution is 5.87. The largest absolute Gasteiger partial charge is 0.427 e. The van der Waals surface area contributed by atoms with Gasteiger partial charge in [0.2, 0.25) is 0 Å². The molecule has 4 aromatic rings. The van der Waals surface area contributed by atoms with E-state index in [4.69, 9.17) is 4.42 Å². The highest BCUT2D eigenvalue weighted by atomic mass is 19.1. The molecule has 0 spiro atoms. The van der Waals surface area contributed by atoms with E-state index in [1.807, 2.05) is 36.4 Å². The average molecular weight is 511 g/mol. The molecule has 38 heavy (non-hydrogen) atoms. The third-order valence-electron chi connectivity index (χ3n) is 8.38. The minimum atomic E-state index is -0.567. The number of benzene rings is 3. The third kappa shape index (κ3) is 5.77. The quantitative estimate of drug-likeness (QED) is 0.210. The van der Waals surface area contributed by atoms with Crippen molar-refractivity contribution in [2.75, 3.05) is 0 Å². The molecule has 1 heterocycles. The molecular weight excluding hydrogens is 471 g/mol. The van der Waals surface area contributed by atoms with E-state index < -0.39 is 11.4 Å². The van der Waals surface area contributed by atoms with Gasteiger partial charge in [0.05, 0.1) is 0 Å². The van der Waals surface area contributed by atoms with E-state index in [0.717, 1.165) is 41.9 Å². The van der Waals surface area contributed by atoms with Crippen LogP contribution in [0.3, 0.4) is 0 Å². The van der Waals surface area contributed by atoms with Gasteiger partial charge in [0.15, 0.2) is 0 Å². The third-order valence-corrected chi connectivity index (χ3v) is 8.38. The summed E-state index contributed by atoms with van der Waals surface area (Å²) in [6.07, 6.45) is 11.7. The molecule has 0 N–H and O–H groups in total. The van der Waals surface area contributed by atoms with E-state index in [1.165, 1.54) is 50.5 Å². The van der Waals surface area contributed by atoms with Gasteiger partial charge in [0.1, 0.15) is 17.0 Å². The number of fused-ring (bicyclic) bond motifs is 1. The molecular formula is C35H39FO2. The highest BCUT2D eigenvalue weighted by Gasteiger charge is 2.25. The lowest BCUT2D eigenvalue weighted by atomic mass is 9.79. The van der Waals surface area contributed by atoms with Crippen molar-refractivity contribution in [2.24, 2.45) is 5.92 Å². The van der Waals surface area contributed by atoms with E-state index >= 15 is 4.39 Å². The van der Waals surface area contributed by atoms with Gasteiger partial charge in [-0.3, -0.25) is 0 Å². The Hall–Kier alpha value is -3.20. The van der Waals surface area contributed by atoms with Crippen LogP contribution in [-0.2, 0) is 6.42 Å². The predicted molar refractivity (Wildman–Crippen MR) is 156 cm³/mol. The lowest BCUT2D eigenvalue weighted by Gasteiger charge is -2.27. The van der Waals surface area contributed by atoms with Crippen molar-refractivity contribution in [3.63, 3.8) is 0 Å². The van der Waals surface area contributed by atoms with Crippen LogP contribution in [0.4, 0.5) is 4.39 Å². The summed E-state index contributed by atoms with van der Waals surface area (Å²) >= 11 is 0. The normalized spacial score (nSPS) is 17.7. The van der Waals surface area contributed by atoms with Crippen molar-refractivity contribution in [1.29, 1.82) is 0 Å². The zero-order valence-electron chi connectivity index (χ0n) is 22.8. The number of hydrogen-bond donors (Lipinski definition) is 0. The molecule has 1 fully saturated rings. The van der Waals surface area contributed by atoms with Crippen LogP contribution in [0.25, 0.3) is 33.0 Å². The Labute approximate surface area is 225 Å². The molecule has 3 aromatic carbocycles. The summed E-state index contributed by atoms with van der Waals surface area (Å²) < 4.78 is 21.4. The first kappa shape index (κ1) is 26.4. The molecule has 0 radical (unpaired) electrons. The van der Waals surface area contributed by atoms with E-state index in [1.54, 1.807) is 6.07 Å². The molecule has 0 unspecified atom stereocenters. The Morgan fingerprint density at radius 1 is 0.789 bits per heavy atom. The fourth-order valence-electron chi connectivity index (χ4n) is 6.11. The van der Waals surface area contributed by atoms with Crippen LogP contribution >= 0.6 is 0 Å². The van der Waals surface area contributed by atoms with Gasteiger partial charge in [-0.05, 0) is 78.1 Å². The fourth-order valence-corrected chi connectivity index (χ4v) is 6.11. The Morgan fingerprint density at radius 3 is 2.11 bits per heavy atom. The van der Waals surface area contributed by atoms with Gasteiger partial charge in [-0.2, -0.15) is 0 Å². The molecule has 1 aliphatic rings. The Balaban J connectivity index is 1.35. The zero-order valence-corrected chi connectivity index (χ0v) is 22.8. The van der Waals surface area contributed by atoms with Crippen LogP contribution in [0.15, 0.2) is 75.9 Å². The van der Waals surface area contributed by atoms with Gasteiger partial charge in [-0.25, -0.2) is 9.18 Å². The smallest absolute Gasteiger partial charge is 0.346 e. The second kappa shape index (κ2) is 12.1. The molecule has 1 saturated carbocycles. The molecule has 1 aromatic heterocycles. The Bertz CT molecular complexity index is 1410. The first-order valence-corrected chi connectivity index (χ1v) is 14.5. The maximum absolute atomic E-state index is 15.7. The highest BCUT2D eigenvalue weighted by Crippen LogP contribution is 2.38. The standard InChI is InChI=1S/C35H39FO2/c1-3-5-6-8-25-9-13-26(14-10-25)27-17-19-28(20-18-27)31-22-21-30-23-32(38-35(37)33(30)34(31)36)29-15-11-24(7-4-2)12-16-29/h9-10,13-14,17-24,29H,3-8,11-12,15-16H2,1-2H3. The van der Waals surface area contributed by atoms with Crippen molar-refractivity contribution in [1.82, 2.24) is 0 Å². The first-order valence-electron chi connectivity index (χ1n) is 14.5. The molecule has 2 nitrogen and oxygen atoms in total. The Kier molecular flexibility index (Phi) is 8.42. The van der Waals surface area contributed by atoms with Gasteiger partial charge in [0.25, 0.3) is 0 Å². The summed E-state index contributed by atoms with van der Waals surface area (Å²) in [5.41, 5.74) is 4.21. The number of hydrogen-bond acceptors (Lipinski definition) is 2. The summed E-state index contributed by atoms with van der Waals surface area (Å²) in [6, 6.07) is 22.2. The lowest BCUT2D eigenvalue weighted by molar-refractivity contribution is 0.280. The van der Waals surface area contributed by atoms with Crippen molar-refractivity contribution in [3.05, 3.63) is 94.3 Å². The summed E-state index contributed by atoms with van der Waals surface area (Å²) in [7, 11) is 0. The molecule has 3 heteroatoms. The molecule has 0 atom stereocenters. The van der Waals surface area contributed by atoms with Crippen molar-refractivity contribution in [2.45, 2.75) is 84.0 Å². The number of unbranched alkanes of at least 4 members (excludes halogenated alkanes) is 2. The molecule has 0 saturated heterocycles. The summed E-state index contributed by atoms with van der Waals surface area (Å²) in [4.78, 5) is 13.0. The van der Waals surface area contributed by atoms with Crippen molar-refractivity contribution < 1.29 is 8.81 Å². The molecule has 198 valence electrons. The van der Waals surface area contributed by atoms with Crippen LogP contribution in [0, 0.1) is 11.7 Å². The van der Waals surface area contributed by atoms with Crippen molar-refractivity contribution >= 4 is 10.8 Å². The average Bonchev–Trinajstić information content (AvgIpc) is 2.94. The van der Waals surface area contributed by atoms with Gasteiger partial charge >= 0.3 is 5.63 Å². The van der Waals surface area contributed by atoms with Gasteiger partial charge in [-0.1, -0.05) is 100 Å². The predicted octanol–water partition coefficient (Wildman–Crippen LogP) is 10.1. The van der Waals surface area contributed by atoms with Gasteiger partial charge in [0, 0.05) is 11.5 Å². The maximum atomic E-state index is 15.7. The van der Waals surface area contributed by atoms with Crippen LogP contribution in [0.2, 0.25) is 0 Å². The van der Waals surface area contributed by atoms with Crippen LogP contribution in [0.1, 0.15) is 88.9 Å². The van der Waals surface area contributed by atoms with Crippen LogP contribution in [-0.4, -0.2) is 0 Å². The number of aryl methyl sites for hydroxylation is 1. The Morgan fingerprint density at radius 2 is 1.45 bits per heavy atom. The van der Waals surface area contributed by atoms with Crippen molar-refractivity contribution in [3.8, 4) is 22.3 Å². The number of halogens is 1. The molecule has 0 amide bonds. The van der Waals surface area contributed by atoms with E-state index in [2.05, 4.69) is 38.1 Å². The minimum absolute atomic E-state index is 0.0497. The molecule has 0 aliphatic heterocycles. The monoisotopic (exact) mass is 510 g/mol. The lowest BCUT2D eigenvalue weighted by Crippen LogP contribution is -2.15. The molecule has 1 aliphatic carbocycles. The van der Waals surface area contributed by atoms with E-state index in [9.17, 15) is 4.79 Å². The van der Waals surface area contributed by atoms with Crippen LogP contribution < -0.4 is 5.63 Å². The summed E-state index contributed by atoms with van der Waals surface area (Å²) in [5, 5.41) is 0.678.